The van der Waals surface area contributed by atoms with E-state index in [1.165, 1.54) is 7.11 Å². The van der Waals surface area contributed by atoms with Crippen LogP contribution in [0.25, 0.3) is 0 Å². The van der Waals surface area contributed by atoms with Crippen LogP contribution in [0.1, 0.15) is 50.9 Å². The van der Waals surface area contributed by atoms with Crippen molar-refractivity contribution in [2.75, 3.05) is 13.7 Å². The normalized spacial score (nSPS) is 12.4. The van der Waals surface area contributed by atoms with Crippen LogP contribution < -0.4 is 0 Å². The second-order valence-electron chi connectivity index (χ2n) is 13.5. The number of hydrogen-bond donors (Lipinski definition) is 1. The van der Waals surface area contributed by atoms with E-state index in [4.69, 9.17) is 14.2 Å². The van der Waals surface area contributed by atoms with Crippen molar-refractivity contribution in [1.29, 1.82) is 0 Å². The lowest BCUT2D eigenvalue weighted by atomic mass is 9.80. The number of aryl methyl sites for hydroxylation is 1. The molecule has 0 saturated heterocycles. The minimum atomic E-state index is -1.07. The molecule has 6 heteroatoms. The number of benzene rings is 6. The molecule has 0 unspecified atom stereocenters. The maximum atomic E-state index is 14.0. The van der Waals surface area contributed by atoms with E-state index >= 15 is 0 Å². The number of ether oxygens (including phenoxy) is 3. The Morgan fingerprint density at radius 3 is 1.59 bits per heavy atom. The first-order chi connectivity index (χ1) is 26.4. The van der Waals surface area contributed by atoms with Gasteiger partial charge in [0.25, 0.3) is 0 Å². The van der Waals surface area contributed by atoms with E-state index in [0.29, 0.717) is 19.3 Å². The standard InChI is InChI=1S/C48H46O6/c1-52-46(50)33-40-21-15-20-39(32-40)31-38-19-14-18-36(30-38)28-29-45(49)44(47(51)53-34-37-16-6-2-7-17-37)35-54-48(41-22-8-3-9-23-41,42-24-10-4-11-25-42)43-26-12-5-13-27-43/h2-27,30,32,44-45,49H,28-29,31,33-35H2,1H3/t44-,45-/m1/s1. The van der Waals surface area contributed by atoms with Gasteiger partial charge < -0.3 is 19.3 Å². The van der Waals surface area contributed by atoms with Crippen molar-refractivity contribution in [2.45, 2.75) is 44.0 Å². The second kappa shape index (κ2) is 18.8. The van der Waals surface area contributed by atoms with Crippen LogP contribution in [0.3, 0.4) is 0 Å². The van der Waals surface area contributed by atoms with Crippen LogP contribution in [-0.2, 0) is 55.3 Å². The van der Waals surface area contributed by atoms with E-state index in [1.54, 1.807) is 0 Å². The fourth-order valence-corrected chi connectivity index (χ4v) is 6.89. The first-order valence-corrected chi connectivity index (χ1v) is 18.4. The first kappa shape index (κ1) is 37.9. The molecule has 2 atom stereocenters. The van der Waals surface area contributed by atoms with Crippen molar-refractivity contribution in [1.82, 2.24) is 0 Å². The predicted molar refractivity (Wildman–Crippen MR) is 211 cm³/mol. The predicted octanol–water partition coefficient (Wildman–Crippen LogP) is 8.65. The molecule has 0 spiro atoms. The van der Waals surface area contributed by atoms with Crippen molar-refractivity contribution in [3.63, 3.8) is 0 Å². The molecule has 6 nitrogen and oxygen atoms in total. The summed E-state index contributed by atoms with van der Waals surface area (Å²) < 4.78 is 17.7. The molecule has 0 aliphatic rings. The third-order valence-corrected chi connectivity index (χ3v) is 9.71. The van der Waals surface area contributed by atoms with Crippen LogP contribution in [0.4, 0.5) is 0 Å². The zero-order valence-corrected chi connectivity index (χ0v) is 30.6. The van der Waals surface area contributed by atoms with Crippen LogP contribution >= 0.6 is 0 Å². The average Bonchev–Trinajstić information content (AvgIpc) is 3.22. The molecule has 6 rings (SSSR count). The third kappa shape index (κ3) is 9.78. The Kier molecular flexibility index (Phi) is 13.2. The van der Waals surface area contributed by atoms with E-state index in [-0.39, 0.29) is 25.6 Å². The minimum absolute atomic E-state index is 0.0879. The van der Waals surface area contributed by atoms with Crippen molar-refractivity contribution in [3.05, 3.63) is 214 Å². The summed E-state index contributed by atoms with van der Waals surface area (Å²) in [6.07, 6.45) is 0.730. The number of carbonyl (C=O) groups is 2. The number of hydrogen-bond acceptors (Lipinski definition) is 6. The van der Waals surface area contributed by atoms with Gasteiger partial charge in [-0.05, 0) is 63.8 Å². The van der Waals surface area contributed by atoms with Crippen molar-refractivity contribution in [2.24, 2.45) is 5.92 Å². The van der Waals surface area contributed by atoms with Crippen LogP contribution in [-0.4, -0.2) is 36.9 Å². The number of carbonyl (C=O) groups excluding carboxylic acids is 2. The summed E-state index contributed by atoms with van der Waals surface area (Å²) in [6.45, 7) is 0.00237. The van der Waals surface area contributed by atoms with Gasteiger partial charge in [0.15, 0.2) is 0 Å². The topological polar surface area (TPSA) is 82.1 Å². The fraction of sp³-hybridized carbons (Fsp3) is 0.208. The monoisotopic (exact) mass is 718 g/mol. The molecule has 274 valence electrons. The van der Waals surface area contributed by atoms with E-state index < -0.39 is 23.6 Å². The zero-order valence-electron chi connectivity index (χ0n) is 30.6. The molecule has 6 aromatic carbocycles. The highest BCUT2D eigenvalue weighted by molar-refractivity contribution is 5.73. The third-order valence-electron chi connectivity index (χ3n) is 9.71. The van der Waals surface area contributed by atoms with E-state index in [9.17, 15) is 14.7 Å². The highest BCUT2D eigenvalue weighted by Gasteiger charge is 2.40. The lowest BCUT2D eigenvalue weighted by molar-refractivity contribution is -0.159. The molecule has 0 bridgehead atoms. The SMILES string of the molecule is COC(=O)Cc1cccc(Cc2cccc(CC[C@@H](O)[C@@H](COC(c3ccccc3)(c3ccccc3)c3ccccc3)C(=O)OCc3ccccc3)c2)c1. The van der Waals surface area contributed by atoms with Gasteiger partial charge in [0.05, 0.1) is 26.2 Å². The van der Waals surface area contributed by atoms with Crippen molar-refractivity contribution >= 4 is 11.9 Å². The van der Waals surface area contributed by atoms with Crippen molar-refractivity contribution in [3.8, 4) is 0 Å². The van der Waals surface area contributed by atoms with Gasteiger partial charge in [-0.15, -0.1) is 0 Å². The summed E-state index contributed by atoms with van der Waals surface area (Å²) in [7, 11) is 1.39. The Hall–Kier alpha value is -5.82. The Morgan fingerprint density at radius 2 is 1.06 bits per heavy atom. The molecule has 54 heavy (non-hydrogen) atoms. The van der Waals surface area contributed by atoms with Gasteiger partial charge in [0, 0.05) is 0 Å². The van der Waals surface area contributed by atoms with Gasteiger partial charge >= 0.3 is 11.9 Å². The number of rotatable bonds is 17. The average molecular weight is 719 g/mol. The largest absolute Gasteiger partial charge is 0.469 e. The maximum absolute atomic E-state index is 14.0. The molecule has 1 N–H and O–H groups in total. The van der Waals surface area contributed by atoms with Gasteiger partial charge in [-0.3, -0.25) is 9.59 Å². The molecule has 0 radical (unpaired) electrons. The van der Waals surface area contributed by atoms with Gasteiger partial charge in [0.1, 0.15) is 18.1 Å². The summed E-state index contributed by atoms with van der Waals surface area (Å²) in [5.41, 5.74) is 6.65. The Morgan fingerprint density at radius 1 is 0.593 bits per heavy atom. The van der Waals surface area contributed by atoms with E-state index in [1.807, 2.05) is 158 Å². The molecule has 0 heterocycles. The van der Waals surface area contributed by atoms with Crippen LogP contribution in [0.2, 0.25) is 0 Å². The Bertz CT molecular complexity index is 1970. The zero-order chi connectivity index (χ0) is 37.6. The van der Waals surface area contributed by atoms with Gasteiger partial charge in [0.2, 0.25) is 0 Å². The van der Waals surface area contributed by atoms with Crippen molar-refractivity contribution < 1.29 is 28.9 Å². The summed E-state index contributed by atoms with van der Waals surface area (Å²) in [4.78, 5) is 25.8. The molecular formula is C48H46O6. The van der Waals surface area contributed by atoms with Gasteiger partial charge in [-0.2, -0.15) is 0 Å². The summed E-state index contributed by atoms with van der Waals surface area (Å²) >= 11 is 0. The quantitative estimate of drug-likeness (QED) is 0.0751. The Labute approximate surface area is 318 Å². The lowest BCUT2D eigenvalue weighted by Gasteiger charge is -2.37. The minimum Gasteiger partial charge on any atom is -0.469 e. The van der Waals surface area contributed by atoms with Gasteiger partial charge in [-0.25, -0.2) is 0 Å². The highest BCUT2D eigenvalue weighted by Crippen LogP contribution is 2.41. The summed E-state index contributed by atoms with van der Waals surface area (Å²) in [5, 5.41) is 11.9. The number of esters is 2. The molecule has 0 aliphatic carbocycles. The second-order valence-corrected chi connectivity index (χ2v) is 13.5. The highest BCUT2D eigenvalue weighted by atomic mass is 16.5. The molecule has 0 aromatic heterocycles. The smallest absolute Gasteiger partial charge is 0.314 e. The number of aliphatic hydroxyl groups is 1. The van der Waals surface area contributed by atoms with E-state index in [0.717, 1.165) is 44.5 Å². The Balaban J connectivity index is 1.24. The lowest BCUT2D eigenvalue weighted by Crippen LogP contribution is -2.40. The molecule has 0 fully saturated rings. The molecular weight excluding hydrogens is 673 g/mol. The molecule has 0 aliphatic heterocycles. The first-order valence-electron chi connectivity index (χ1n) is 18.4. The van der Waals surface area contributed by atoms with Crippen LogP contribution in [0.15, 0.2) is 170 Å². The number of aliphatic hydroxyl groups excluding tert-OH is 1. The van der Waals surface area contributed by atoms with Crippen LogP contribution in [0, 0.1) is 5.92 Å². The van der Waals surface area contributed by atoms with Crippen LogP contribution in [0.5, 0.6) is 0 Å². The van der Waals surface area contributed by atoms with Gasteiger partial charge in [-0.1, -0.05) is 170 Å². The molecule has 0 saturated carbocycles. The molecule has 0 amide bonds. The molecule has 6 aromatic rings. The summed E-state index contributed by atoms with van der Waals surface area (Å²) in [5.74, 6) is -1.76. The van der Waals surface area contributed by atoms with E-state index in [2.05, 4.69) is 12.1 Å². The maximum Gasteiger partial charge on any atom is 0.314 e. The number of methoxy groups -OCH3 is 1. The summed E-state index contributed by atoms with van der Waals surface area (Å²) in [6, 6.07) is 55.7. The fourth-order valence-electron chi connectivity index (χ4n) is 6.89.